The minimum Gasteiger partial charge on any atom is -0.462 e. The van der Waals surface area contributed by atoms with Crippen LogP contribution in [0.15, 0.2) is 0 Å². The maximum atomic E-state index is 12.5. The van der Waals surface area contributed by atoms with Gasteiger partial charge < -0.3 is 4.74 Å². The molecule has 1 heterocycles. The molecule has 2 unspecified atom stereocenters. The number of carbonyl (C=O) groups is 1. The van der Waals surface area contributed by atoms with Gasteiger partial charge in [0.1, 0.15) is 6.10 Å². The number of ether oxygens (including phenoxy) is 1. The Labute approximate surface area is 155 Å². The molecule has 144 valence electrons. The van der Waals surface area contributed by atoms with Gasteiger partial charge in [0.15, 0.2) is 0 Å². The summed E-state index contributed by atoms with van der Waals surface area (Å²) in [7, 11) is 0. The van der Waals surface area contributed by atoms with Crippen molar-refractivity contribution in [2.75, 3.05) is 0 Å². The van der Waals surface area contributed by atoms with Crippen LogP contribution in [-0.2, 0) is 9.53 Å². The molecular formula is C23H40O2. The monoisotopic (exact) mass is 348 g/mol. The SMILES string of the molecule is CCCC1CCC(C2CCC(CCC3CCC(C)CC3)C(=O)O2)CC1. The molecular weight excluding hydrogens is 308 g/mol. The van der Waals surface area contributed by atoms with Crippen molar-refractivity contribution in [3.63, 3.8) is 0 Å². The van der Waals surface area contributed by atoms with Gasteiger partial charge in [0, 0.05) is 0 Å². The first-order valence-electron chi connectivity index (χ1n) is 11.4. The van der Waals surface area contributed by atoms with Gasteiger partial charge >= 0.3 is 5.97 Å². The Morgan fingerprint density at radius 3 is 2.08 bits per heavy atom. The van der Waals surface area contributed by atoms with Gasteiger partial charge in [-0.2, -0.15) is 0 Å². The molecule has 0 N–H and O–H groups in total. The van der Waals surface area contributed by atoms with Crippen molar-refractivity contribution in [2.45, 2.75) is 110 Å². The highest BCUT2D eigenvalue weighted by Crippen LogP contribution is 2.39. The summed E-state index contributed by atoms with van der Waals surface area (Å²) in [4.78, 5) is 12.5. The van der Waals surface area contributed by atoms with Crippen LogP contribution in [0.5, 0.6) is 0 Å². The Bertz CT molecular complexity index is 402. The smallest absolute Gasteiger partial charge is 0.309 e. The molecule has 2 nitrogen and oxygen atoms in total. The van der Waals surface area contributed by atoms with Crippen LogP contribution in [0.4, 0.5) is 0 Å². The van der Waals surface area contributed by atoms with Crippen LogP contribution in [0.25, 0.3) is 0 Å². The van der Waals surface area contributed by atoms with Crippen molar-refractivity contribution < 1.29 is 9.53 Å². The van der Waals surface area contributed by atoms with E-state index in [4.69, 9.17) is 4.74 Å². The molecule has 2 atom stereocenters. The molecule has 3 aliphatic rings. The van der Waals surface area contributed by atoms with Gasteiger partial charge in [0.2, 0.25) is 0 Å². The summed E-state index contributed by atoms with van der Waals surface area (Å²) in [6.07, 6.45) is 18.3. The van der Waals surface area contributed by atoms with Crippen LogP contribution < -0.4 is 0 Å². The van der Waals surface area contributed by atoms with E-state index < -0.39 is 0 Å². The molecule has 0 aromatic heterocycles. The number of cyclic esters (lactones) is 1. The molecule has 2 saturated carbocycles. The number of hydrogen-bond donors (Lipinski definition) is 0. The second kappa shape index (κ2) is 9.42. The van der Waals surface area contributed by atoms with Crippen LogP contribution >= 0.6 is 0 Å². The fraction of sp³-hybridized carbons (Fsp3) is 0.957. The van der Waals surface area contributed by atoms with E-state index in [1.54, 1.807) is 0 Å². The lowest BCUT2D eigenvalue weighted by molar-refractivity contribution is -0.165. The lowest BCUT2D eigenvalue weighted by atomic mass is 9.75. The Balaban J connectivity index is 1.37. The molecule has 0 spiro atoms. The van der Waals surface area contributed by atoms with Crippen LogP contribution in [0, 0.1) is 29.6 Å². The molecule has 1 aliphatic heterocycles. The third kappa shape index (κ3) is 5.47. The topological polar surface area (TPSA) is 26.3 Å². The van der Waals surface area contributed by atoms with E-state index in [9.17, 15) is 4.79 Å². The van der Waals surface area contributed by atoms with Crippen molar-refractivity contribution in [3.05, 3.63) is 0 Å². The van der Waals surface area contributed by atoms with E-state index in [0.717, 1.165) is 37.0 Å². The molecule has 0 amide bonds. The third-order valence-electron chi connectivity index (χ3n) is 7.57. The van der Waals surface area contributed by atoms with Gasteiger partial charge in [-0.25, -0.2) is 0 Å². The Morgan fingerprint density at radius 2 is 1.44 bits per heavy atom. The largest absolute Gasteiger partial charge is 0.462 e. The van der Waals surface area contributed by atoms with E-state index in [2.05, 4.69) is 13.8 Å². The maximum Gasteiger partial charge on any atom is 0.309 e. The molecule has 0 bridgehead atoms. The molecule has 3 fully saturated rings. The summed E-state index contributed by atoms with van der Waals surface area (Å²) >= 11 is 0. The Kier molecular flexibility index (Phi) is 7.25. The van der Waals surface area contributed by atoms with E-state index in [0.29, 0.717) is 5.92 Å². The molecule has 2 heteroatoms. The fourth-order valence-corrected chi connectivity index (χ4v) is 5.69. The summed E-state index contributed by atoms with van der Waals surface area (Å²) in [5, 5.41) is 0. The first-order chi connectivity index (χ1) is 12.2. The lowest BCUT2D eigenvalue weighted by Crippen LogP contribution is -2.37. The Hall–Kier alpha value is -0.530. The van der Waals surface area contributed by atoms with Gasteiger partial charge in [-0.1, -0.05) is 65.2 Å². The summed E-state index contributed by atoms with van der Waals surface area (Å²) < 4.78 is 5.95. The highest BCUT2D eigenvalue weighted by molar-refractivity contribution is 5.73. The first kappa shape index (κ1) is 19.2. The van der Waals surface area contributed by atoms with Crippen LogP contribution in [-0.4, -0.2) is 12.1 Å². The van der Waals surface area contributed by atoms with Crippen LogP contribution in [0.1, 0.15) is 104 Å². The molecule has 1 saturated heterocycles. The van der Waals surface area contributed by atoms with Gasteiger partial charge in [-0.3, -0.25) is 4.79 Å². The summed E-state index contributed by atoms with van der Waals surface area (Å²) in [6.45, 7) is 4.67. The zero-order chi connectivity index (χ0) is 17.6. The standard InChI is InChI=1S/C23H40O2/c1-3-4-18-9-12-20(13-10-18)22-16-15-21(23(24)25-22)14-11-19-7-5-17(2)6-8-19/h17-22H,3-16H2,1-2H3. The summed E-state index contributed by atoms with van der Waals surface area (Å²) in [6, 6.07) is 0. The quantitative estimate of drug-likeness (QED) is 0.511. The zero-order valence-corrected chi connectivity index (χ0v) is 16.7. The minimum absolute atomic E-state index is 0.135. The lowest BCUT2D eigenvalue weighted by Gasteiger charge is -2.37. The van der Waals surface area contributed by atoms with E-state index in [1.807, 2.05) is 0 Å². The zero-order valence-electron chi connectivity index (χ0n) is 16.7. The fourth-order valence-electron chi connectivity index (χ4n) is 5.69. The van der Waals surface area contributed by atoms with Gasteiger partial charge in [-0.05, 0) is 62.2 Å². The second-order valence-electron chi connectivity index (χ2n) is 9.52. The van der Waals surface area contributed by atoms with Gasteiger partial charge in [0.25, 0.3) is 0 Å². The van der Waals surface area contributed by atoms with Crippen molar-refractivity contribution in [1.82, 2.24) is 0 Å². The van der Waals surface area contributed by atoms with Crippen molar-refractivity contribution in [1.29, 1.82) is 0 Å². The minimum atomic E-state index is 0.135. The number of esters is 1. The number of hydrogen-bond acceptors (Lipinski definition) is 2. The molecule has 25 heavy (non-hydrogen) atoms. The number of rotatable bonds is 6. The molecule has 0 radical (unpaired) electrons. The highest BCUT2D eigenvalue weighted by Gasteiger charge is 2.36. The first-order valence-corrected chi connectivity index (χ1v) is 11.4. The predicted molar refractivity (Wildman–Crippen MR) is 103 cm³/mol. The molecule has 0 aromatic carbocycles. The summed E-state index contributed by atoms with van der Waals surface area (Å²) in [5.41, 5.74) is 0. The van der Waals surface area contributed by atoms with Crippen LogP contribution in [0.3, 0.4) is 0 Å². The Morgan fingerprint density at radius 1 is 0.800 bits per heavy atom. The second-order valence-corrected chi connectivity index (χ2v) is 9.52. The number of carbonyl (C=O) groups excluding carboxylic acids is 1. The van der Waals surface area contributed by atoms with Crippen molar-refractivity contribution >= 4 is 5.97 Å². The molecule has 0 aromatic rings. The average molecular weight is 349 g/mol. The van der Waals surface area contributed by atoms with Crippen molar-refractivity contribution in [3.8, 4) is 0 Å². The van der Waals surface area contributed by atoms with Gasteiger partial charge in [0.05, 0.1) is 5.92 Å². The van der Waals surface area contributed by atoms with Crippen LogP contribution in [0.2, 0.25) is 0 Å². The summed E-state index contributed by atoms with van der Waals surface area (Å²) in [5.74, 6) is 3.71. The van der Waals surface area contributed by atoms with Crippen molar-refractivity contribution in [2.24, 2.45) is 29.6 Å². The predicted octanol–water partition coefficient (Wildman–Crippen LogP) is 6.52. The normalized spacial score (nSPS) is 39.8. The maximum absolute atomic E-state index is 12.5. The van der Waals surface area contributed by atoms with E-state index in [1.165, 1.54) is 70.6 Å². The average Bonchev–Trinajstić information content (AvgIpc) is 2.63. The molecule has 2 aliphatic carbocycles. The van der Waals surface area contributed by atoms with E-state index >= 15 is 0 Å². The molecule has 3 rings (SSSR count). The highest BCUT2D eigenvalue weighted by atomic mass is 16.5. The van der Waals surface area contributed by atoms with Gasteiger partial charge in [-0.15, -0.1) is 0 Å². The third-order valence-corrected chi connectivity index (χ3v) is 7.57. The van der Waals surface area contributed by atoms with E-state index in [-0.39, 0.29) is 18.0 Å².